The van der Waals surface area contributed by atoms with Crippen LogP contribution in [0.15, 0.2) is 54.6 Å². The first kappa shape index (κ1) is 17.8. The second kappa shape index (κ2) is 8.38. The summed E-state index contributed by atoms with van der Waals surface area (Å²) >= 11 is 0. The van der Waals surface area contributed by atoms with Crippen LogP contribution < -0.4 is 14.8 Å². The monoisotopic (exact) mass is 354 g/mol. The number of methoxy groups -OCH3 is 1. The number of rotatable bonds is 6. The molecule has 1 fully saturated rings. The molecule has 1 N–H and O–H groups in total. The molecule has 2 aromatic rings. The van der Waals surface area contributed by atoms with Crippen LogP contribution in [0, 0.1) is 0 Å². The van der Waals surface area contributed by atoms with Crippen LogP contribution in [0.1, 0.15) is 18.0 Å². The van der Waals surface area contributed by atoms with Crippen molar-refractivity contribution >= 4 is 11.8 Å². The van der Waals surface area contributed by atoms with Gasteiger partial charge in [-0.3, -0.25) is 9.59 Å². The summed E-state index contributed by atoms with van der Waals surface area (Å²) in [5.41, 5.74) is 0.764. The molecule has 1 unspecified atom stereocenters. The first-order valence-corrected chi connectivity index (χ1v) is 8.58. The zero-order valence-corrected chi connectivity index (χ0v) is 14.7. The van der Waals surface area contributed by atoms with E-state index in [4.69, 9.17) is 9.47 Å². The molecule has 1 heterocycles. The van der Waals surface area contributed by atoms with E-state index < -0.39 is 6.04 Å². The van der Waals surface area contributed by atoms with Gasteiger partial charge < -0.3 is 19.7 Å². The Kier molecular flexibility index (Phi) is 5.73. The predicted molar refractivity (Wildman–Crippen MR) is 97.0 cm³/mol. The van der Waals surface area contributed by atoms with Crippen LogP contribution in [0.25, 0.3) is 0 Å². The second-order valence-electron chi connectivity index (χ2n) is 5.97. The van der Waals surface area contributed by atoms with Crippen molar-refractivity contribution in [3.63, 3.8) is 0 Å². The zero-order chi connectivity index (χ0) is 18.4. The number of para-hydroxylation sites is 1. The molecule has 3 rings (SSSR count). The Labute approximate surface area is 152 Å². The van der Waals surface area contributed by atoms with Gasteiger partial charge in [0.2, 0.25) is 11.8 Å². The average molecular weight is 354 g/mol. The molecule has 6 heteroatoms. The first-order valence-electron chi connectivity index (χ1n) is 8.58. The molecule has 1 aliphatic rings. The van der Waals surface area contributed by atoms with Gasteiger partial charge in [-0.2, -0.15) is 0 Å². The standard InChI is InChI=1S/C20H22N2O4/c1-25-16-9-7-15(8-10-16)19-20(24)21-12-13-22(19)18(23)11-14-26-17-5-3-2-4-6-17/h2-10,19H,11-14H2,1H3,(H,21,24). The van der Waals surface area contributed by atoms with Gasteiger partial charge in [-0.25, -0.2) is 0 Å². The number of carbonyl (C=O) groups is 2. The Morgan fingerprint density at radius 1 is 1.12 bits per heavy atom. The van der Waals surface area contributed by atoms with Crippen LogP contribution in [0.5, 0.6) is 11.5 Å². The van der Waals surface area contributed by atoms with Crippen molar-refractivity contribution in [3.05, 3.63) is 60.2 Å². The smallest absolute Gasteiger partial charge is 0.247 e. The van der Waals surface area contributed by atoms with Gasteiger partial charge >= 0.3 is 0 Å². The largest absolute Gasteiger partial charge is 0.497 e. The number of nitrogens with zero attached hydrogens (tertiary/aromatic N) is 1. The van der Waals surface area contributed by atoms with Crippen molar-refractivity contribution in [2.75, 3.05) is 26.8 Å². The van der Waals surface area contributed by atoms with Crippen molar-refractivity contribution in [3.8, 4) is 11.5 Å². The maximum absolute atomic E-state index is 12.7. The van der Waals surface area contributed by atoms with E-state index in [1.807, 2.05) is 42.5 Å². The first-order chi connectivity index (χ1) is 12.7. The van der Waals surface area contributed by atoms with Gasteiger partial charge in [-0.05, 0) is 29.8 Å². The Morgan fingerprint density at radius 3 is 2.54 bits per heavy atom. The molecule has 0 spiro atoms. The van der Waals surface area contributed by atoms with Crippen LogP contribution in [-0.2, 0) is 9.59 Å². The van der Waals surface area contributed by atoms with Gasteiger partial charge in [-0.1, -0.05) is 30.3 Å². The highest BCUT2D eigenvalue weighted by molar-refractivity contribution is 5.89. The molecule has 0 aromatic heterocycles. The summed E-state index contributed by atoms with van der Waals surface area (Å²) in [6, 6.07) is 15.9. The van der Waals surface area contributed by atoms with Gasteiger partial charge in [0.15, 0.2) is 0 Å². The molecule has 1 aliphatic heterocycles. The van der Waals surface area contributed by atoms with Gasteiger partial charge in [0, 0.05) is 13.1 Å². The SMILES string of the molecule is COc1ccc(C2C(=O)NCCN2C(=O)CCOc2ccccc2)cc1. The number of hydrogen-bond donors (Lipinski definition) is 1. The minimum atomic E-state index is -0.626. The summed E-state index contributed by atoms with van der Waals surface area (Å²) in [5, 5.41) is 2.83. The molecule has 0 saturated carbocycles. The average Bonchev–Trinajstić information content (AvgIpc) is 2.68. The number of piperazine rings is 1. The maximum Gasteiger partial charge on any atom is 0.247 e. The molecular formula is C20H22N2O4. The van der Waals surface area contributed by atoms with E-state index in [9.17, 15) is 9.59 Å². The van der Waals surface area contributed by atoms with E-state index in [2.05, 4.69) is 5.32 Å². The molecule has 2 amide bonds. The minimum Gasteiger partial charge on any atom is -0.497 e. The second-order valence-corrected chi connectivity index (χ2v) is 5.97. The molecule has 6 nitrogen and oxygen atoms in total. The van der Waals surface area contributed by atoms with Crippen LogP contribution in [0.4, 0.5) is 0 Å². The molecule has 0 aliphatic carbocycles. The van der Waals surface area contributed by atoms with Crippen molar-refractivity contribution < 1.29 is 19.1 Å². The molecule has 0 bridgehead atoms. The summed E-state index contributed by atoms with van der Waals surface area (Å²) < 4.78 is 10.8. The number of carbonyl (C=O) groups excluding carboxylic acids is 2. The summed E-state index contributed by atoms with van der Waals surface area (Å²) in [5.74, 6) is 1.16. The Balaban J connectivity index is 1.66. The minimum absolute atomic E-state index is 0.100. The lowest BCUT2D eigenvalue weighted by atomic mass is 10.0. The van der Waals surface area contributed by atoms with Gasteiger partial charge in [0.05, 0.1) is 20.1 Å². The fourth-order valence-corrected chi connectivity index (χ4v) is 2.97. The number of ether oxygens (including phenoxy) is 2. The lowest BCUT2D eigenvalue weighted by molar-refractivity contribution is -0.143. The van der Waals surface area contributed by atoms with Gasteiger partial charge in [0.25, 0.3) is 0 Å². The molecule has 2 aromatic carbocycles. The maximum atomic E-state index is 12.7. The molecule has 136 valence electrons. The van der Waals surface area contributed by atoms with Crippen LogP contribution >= 0.6 is 0 Å². The lowest BCUT2D eigenvalue weighted by Gasteiger charge is -2.35. The Bertz CT molecular complexity index is 746. The van der Waals surface area contributed by atoms with E-state index in [0.717, 1.165) is 11.3 Å². The van der Waals surface area contributed by atoms with Gasteiger partial charge in [0.1, 0.15) is 17.5 Å². The predicted octanol–water partition coefficient (Wildman–Crippen LogP) is 2.16. The molecule has 0 radical (unpaired) electrons. The Morgan fingerprint density at radius 2 is 1.85 bits per heavy atom. The normalized spacial score (nSPS) is 16.7. The summed E-state index contributed by atoms with van der Waals surface area (Å²) in [6.45, 7) is 1.21. The number of hydrogen-bond acceptors (Lipinski definition) is 4. The van der Waals surface area contributed by atoms with E-state index in [1.165, 1.54) is 0 Å². The zero-order valence-electron chi connectivity index (χ0n) is 14.7. The quantitative estimate of drug-likeness (QED) is 0.863. The third-order valence-electron chi connectivity index (χ3n) is 4.29. The number of amides is 2. The van der Waals surface area contributed by atoms with Crippen LogP contribution in [-0.4, -0.2) is 43.5 Å². The van der Waals surface area contributed by atoms with Crippen LogP contribution in [0.2, 0.25) is 0 Å². The highest BCUT2D eigenvalue weighted by Gasteiger charge is 2.34. The van der Waals surface area contributed by atoms with Crippen molar-refractivity contribution in [1.29, 1.82) is 0 Å². The molecule has 1 atom stereocenters. The highest BCUT2D eigenvalue weighted by atomic mass is 16.5. The molecule has 1 saturated heterocycles. The molecule has 26 heavy (non-hydrogen) atoms. The highest BCUT2D eigenvalue weighted by Crippen LogP contribution is 2.26. The third kappa shape index (κ3) is 4.14. The van der Waals surface area contributed by atoms with E-state index in [-0.39, 0.29) is 24.8 Å². The van der Waals surface area contributed by atoms with Gasteiger partial charge in [-0.15, -0.1) is 0 Å². The van der Waals surface area contributed by atoms with Crippen LogP contribution in [0.3, 0.4) is 0 Å². The van der Waals surface area contributed by atoms with E-state index in [0.29, 0.717) is 18.8 Å². The molecular weight excluding hydrogens is 332 g/mol. The van der Waals surface area contributed by atoms with E-state index in [1.54, 1.807) is 24.1 Å². The lowest BCUT2D eigenvalue weighted by Crippen LogP contribution is -2.52. The summed E-state index contributed by atoms with van der Waals surface area (Å²) in [4.78, 5) is 26.7. The summed E-state index contributed by atoms with van der Waals surface area (Å²) in [7, 11) is 1.59. The number of nitrogens with one attached hydrogen (secondary N) is 1. The third-order valence-corrected chi connectivity index (χ3v) is 4.29. The van der Waals surface area contributed by atoms with Crippen molar-refractivity contribution in [2.24, 2.45) is 0 Å². The Hall–Kier alpha value is -3.02. The van der Waals surface area contributed by atoms with E-state index >= 15 is 0 Å². The van der Waals surface area contributed by atoms with Crippen molar-refractivity contribution in [2.45, 2.75) is 12.5 Å². The topological polar surface area (TPSA) is 67.9 Å². The van der Waals surface area contributed by atoms with Crippen molar-refractivity contribution in [1.82, 2.24) is 10.2 Å². The summed E-state index contributed by atoms with van der Waals surface area (Å²) in [6.07, 6.45) is 0.217. The number of benzene rings is 2. The fraction of sp³-hybridized carbons (Fsp3) is 0.300. The fourth-order valence-electron chi connectivity index (χ4n) is 2.97.